The summed E-state index contributed by atoms with van der Waals surface area (Å²) >= 11 is 0. The van der Waals surface area contributed by atoms with Crippen molar-refractivity contribution in [3.05, 3.63) is 59.4 Å². The fraction of sp³-hybridized carbons (Fsp3) is 0.409. The second-order valence-corrected chi connectivity index (χ2v) is 8.55. The summed E-state index contributed by atoms with van der Waals surface area (Å²) in [6.07, 6.45) is 4.85. The summed E-state index contributed by atoms with van der Waals surface area (Å²) in [7, 11) is 0. The van der Waals surface area contributed by atoms with Crippen molar-refractivity contribution in [3.63, 3.8) is 0 Å². The summed E-state index contributed by atoms with van der Waals surface area (Å²) in [6.45, 7) is 6.78. The van der Waals surface area contributed by atoms with Gasteiger partial charge in [-0.05, 0) is 44.9 Å². The third-order valence-corrected chi connectivity index (χ3v) is 6.26. The highest BCUT2D eigenvalue weighted by molar-refractivity contribution is 5.98. The second kappa shape index (κ2) is 7.40. The second-order valence-electron chi connectivity index (χ2n) is 8.55. The van der Waals surface area contributed by atoms with E-state index in [2.05, 4.69) is 25.1 Å². The van der Waals surface area contributed by atoms with Gasteiger partial charge in [0.25, 0.3) is 5.91 Å². The maximum absolute atomic E-state index is 14.7. The van der Waals surface area contributed by atoms with Gasteiger partial charge in [-0.2, -0.15) is 15.0 Å². The van der Waals surface area contributed by atoms with Crippen molar-refractivity contribution in [2.75, 3.05) is 31.1 Å². The number of hydrogen-bond donors (Lipinski definition) is 0. The van der Waals surface area contributed by atoms with Crippen LogP contribution in [-0.2, 0) is 0 Å². The quantitative estimate of drug-likeness (QED) is 0.647. The van der Waals surface area contributed by atoms with E-state index in [9.17, 15) is 9.18 Å². The lowest BCUT2D eigenvalue weighted by Gasteiger charge is -2.25. The maximum Gasteiger partial charge on any atom is 0.259 e. The van der Waals surface area contributed by atoms with E-state index in [4.69, 9.17) is 0 Å². The molecule has 1 unspecified atom stereocenters. The number of carbonyl (C=O) groups is 1. The van der Waals surface area contributed by atoms with E-state index < -0.39 is 5.82 Å². The van der Waals surface area contributed by atoms with Crippen molar-refractivity contribution in [1.82, 2.24) is 29.9 Å². The molecule has 2 aromatic heterocycles. The summed E-state index contributed by atoms with van der Waals surface area (Å²) in [6, 6.07) is 6.50. The normalized spacial score (nSPS) is 20.7. The van der Waals surface area contributed by atoms with Gasteiger partial charge in [-0.3, -0.25) is 4.79 Å². The Bertz CT molecular complexity index is 1110. The van der Waals surface area contributed by atoms with Crippen LogP contribution in [0.2, 0.25) is 0 Å². The molecule has 9 heteroatoms. The minimum atomic E-state index is -0.558. The Balaban J connectivity index is 1.37. The Labute approximate surface area is 179 Å². The summed E-state index contributed by atoms with van der Waals surface area (Å²) in [5.41, 5.74) is 2.25. The monoisotopic (exact) mass is 421 g/mol. The number of rotatable bonds is 3. The molecule has 1 atom stereocenters. The summed E-state index contributed by atoms with van der Waals surface area (Å²) in [4.78, 5) is 27.8. The van der Waals surface area contributed by atoms with Crippen molar-refractivity contribution >= 4 is 11.9 Å². The zero-order chi connectivity index (χ0) is 21.6. The van der Waals surface area contributed by atoms with Crippen molar-refractivity contribution < 1.29 is 9.18 Å². The Kier molecular flexibility index (Phi) is 4.68. The van der Waals surface area contributed by atoms with Crippen molar-refractivity contribution in [1.29, 1.82) is 0 Å². The number of carbonyl (C=O) groups excluding carboxylic acids is 1. The molecular formula is C22H24FN7O. The highest BCUT2D eigenvalue weighted by atomic mass is 19.1. The number of nitrogens with zero attached hydrogens (tertiary/aromatic N) is 7. The number of amides is 1. The van der Waals surface area contributed by atoms with Crippen LogP contribution in [0.15, 0.2) is 36.7 Å². The van der Waals surface area contributed by atoms with Gasteiger partial charge in [-0.1, -0.05) is 6.07 Å². The van der Waals surface area contributed by atoms with Crippen LogP contribution in [-0.4, -0.2) is 61.9 Å². The van der Waals surface area contributed by atoms with Gasteiger partial charge in [0, 0.05) is 43.0 Å². The van der Waals surface area contributed by atoms with Gasteiger partial charge in [0.15, 0.2) is 0 Å². The number of likely N-dealkylation sites (tertiary alicyclic amines) is 1. The molecule has 0 radical (unpaired) electrons. The molecule has 5 rings (SSSR count). The van der Waals surface area contributed by atoms with Gasteiger partial charge in [-0.25, -0.2) is 14.4 Å². The molecule has 160 valence electrons. The summed E-state index contributed by atoms with van der Waals surface area (Å²) in [5, 5.41) is 8.15. The van der Waals surface area contributed by atoms with Crippen LogP contribution < -0.4 is 4.90 Å². The van der Waals surface area contributed by atoms with Gasteiger partial charge >= 0.3 is 0 Å². The molecular weight excluding hydrogens is 397 g/mol. The first-order chi connectivity index (χ1) is 14.9. The first-order valence-electron chi connectivity index (χ1n) is 10.5. The lowest BCUT2D eigenvalue weighted by molar-refractivity contribution is 0.0771. The van der Waals surface area contributed by atoms with Gasteiger partial charge in [0.1, 0.15) is 17.1 Å². The molecule has 3 aromatic rings. The van der Waals surface area contributed by atoms with Gasteiger partial charge in [0.05, 0.1) is 12.4 Å². The first-order valence-corrected chi connectivity index (χ1v) is 10.5. The van der Waals surface area contributed by atoms with E-state index >= 15 is 0 Å². The lowest BCUT2D eigenvalue weighted by Crippen LogP contribution is -2.35. The molecule has 2 saturated heterocycles. The first kappa shape index (κ1) is 19.6. The Morgan fingerprint density at radius 2 is 1.74 bits per heavy atom. The molecule has 31 heavy (non-hydrogen) atoms. The number of anilines is 1. The number of aryl methyl sites for hydroxylation is 2. The third kappa shape index (κ3) is 3.54. The minimum Gasteiger partial charge on any atom is -0.340 e. The molecule has 2 aliphatic heterocycles. The maximum atomic E-state index is 14.7. The molecule has 0 saturated carbocycles. The number of benzene rings is 1. The third-order valence-electron chi connectivity index (χ3n) is 6.26. The van der Waals surface area contributed by atoms with Crippen molar-refractivity contribution in [2.24, 2.45) is 5.41 Å². The number of halogens is 1. The molecule has 1 spiro atoms. The zero-order valence-corrected chi connectivity index (χ0v) is 17.6. The SMILES string of the molecule is Cc1cc(C)nc(N2CCC3(CCN(C(=O)c4c(F)cccc4-n4nccn4)C3)C2)n1. The fourth-order valence-electron chi connectivity index (χ4n) is 4.79. The van der Waals surface area contributed by atoms with E-state index in [-0.39, 0.29) is 16.9 Å². The van der Waals surface area contributed by atoms with E-state index in [0.29, 0.717) is 18.8 Å². The van der Waals surface area contributed by atoms with Crippen LogP contribution in [0.1, 0.15) is 34.6 Å². The van der Waals surface area contributed by atoms with Crippen LogP contribution in [0.4, 0.5) is 10.3 Å². The Morgan fingerprint density at radius 1 is 1.03 bits per heavy atom. The molecule has 0 N–H and O–H groups in total. The standard InChI is InChI=1S/C22H24FN7O/c1-15-12-16(2)27-21(26-15)29-11-7-22(14-29)6-10-28(13-22)20(31)19-17(23)4-3-5-18(19)30-24-8-9-25-30/h3-5,8-9,12H,6-7,10-11,13-14H2,1-2H3. The van der Waals surface area contributed by atoms with Crippen molar-refractivity contribution in [3.8, 4) is 5.69 Å². The predicted octanol–water partition coefficient (Wildman–Crippen LogP) is 2.56. The summed E-state index contributed by atoms with van der Waals surface area (Å²) in [5.74, 6) is -0.124. The van der Waals surface area contributed by atoms with Crippen LogP contribution in [0.3, 0.4) is 0 Å². The van der Waals surface area contributed by atoms with Crippen LogP contribution in [0.5, 0.6) is 0 Å². The molecule has 0 bridgehead atoms. The summed E-state index contributed by atoms with van der Waals surface area (Å²) < 4.78 is 14.7. The average molecular weight is 421 g/mol. The van der Waals surface area contributed by atoms with E-state index in [0.717, 1.165) is 43.3 Å². The van der Waals surface area contributed by atoms with Gasteiger partial charge in [-0.15, -0.1) is 0 Å². The Hall–Kier alpha value is -3.36. The number of hydrogen-bond acceptors (Lipinski definition) is 6. The topological polar surface area (TPSA) is 80.0 Å². The molecule has 8 nitrogen and oxygen atoms in total. The molecule has 1 aromatic carbocycles. The smallest absolute Gasteiger partial charge is 0.259 e. The van der Waals surface area contributed by atoms with Crippen LogP contribution in [0.25, 0.3) is 5.69 Å². The predicted molar refractivity (Wildman–Crippen MR) is 113 cm³/mol. The molecule has 1 amide bonds. The van der Waals surface area contributed by atoms with Gasteiger partial charge < -0.3 is 9.80 Å². The molecule has 4 heterocycles. The van der Waals surface area contributed by atoms with Crippen LogP contribution >= 0.6 is 0 Å². The minimum absolute atomic E-state index is 0.0169. The van der Waals surface area contributed by atoms with Crippen LogP contribution in [0, 0.1) is 25.1 Å². The van der Waals surface area contributed by atoms with E-state index in [1.807, 2.05) is 19.9 Å². The molecule has 0 aliphatic carbocycles. The fourth-order valence-corrected chi connectivity index (χ4v) is 4.79. The largest absolute Gasteiger partial charge is 0.340 e. The Morgan fingerprint density at radius 3 is 2.48 bits per heavy atom. The molecule has 2 fully saturated rings. The van der Waals surface area contributed by atoms with E-state index in [1.165, 1.54) is 23.3 Å². The van der Waals surface area contributed by atoms with Gasteiger partial charge in [0.2, 0.25) is 5.95 Å². The highest BCUT2D eigenvalue weighted by Crippen LogP contribution is 2.41. The van der Waals surface area contributed by atoms with E-state index in [1.54, 1.807) is 17.0 Å². The highest BCUT2D eigenvalue weighted by Gasteiger charge is 2.46. The van der Waals surface area contributed by atoms with Crippen molar-refractivity contribution in [2.45, 2.75) is 26.7 Å². The zero-order valence-electron chi connectivity index (χ0n) is 17.6. The number of aromatic nitrogens is 5. The average Bonchev–Trinajstić information content (AvgIpc) is 3.49. The lowest BCUT2D eigenvalue weighted by atomic mass is 9.86. The molecule has 2 aliphatic rings.